The van der Waals surface area contributed by atoms with E-state index in [0.29, 0.717) is 5.56 Å². The molecule has 3 nitrogen and oxygen atoms in total. The number of rotatable bonds is 4. The molecule has 2 aromatic carbocycles. The lowest BCUT2D eigenvalue weighted by molar-refractivity contribution is 0.483. The van der Waals surface area contributed by atoms with E-state index < -0.39 is 10.1 Å². The molecule has 1 aliphatic carbocycles. The van der Waals surface area contributed by atoms with Gasteiger partial charge in [-0.1, -0.05) is 64.2 Å². The predicted molar refractivity (Wildman–Crippen MR) is 96.5 cm³/mol. The number of hydrogen-bond donors (Lipinski definition) is 1. The first-order valence-electron chi connectivity index (χ1n) is 7.97. The molecular weight excluding hydrogens is 327 g/mol. The van der Waals surface area contributed by atoms with Crippen LogP contribution >= 0.6 is 8.58 Å². The first-order valence-corrected chi connectivity index (χ1v) is 10.5. The first-order chi connectivity index (χ1) is 11.0. The molecule has 0 radical (unpaired) electrons. The molecule has 0 heterocycles. The van der Waals surface area contributed by atoms with Crippen LogP contribution in [0.25, 0.3) is 11.1 Å². The van der Waals surface area contributed by atoms with Crippen molar-refractivity contribution in [2.24, 2.45) is 0 Å². The van der Waals surface area contributed by atoms with Crippen LogP contribution in [0.4, 0.5) is 0 Å². The van der Waals surface area contributed by atoms with Crippen molar-refractivity contribution < 1.29 is 13.0 Å². The Morgan fingerprint density at radius 1 is 0.957 bits per heavy atom. The molecule has 1 saturated carbocycles. The number of benzene rings is 2. The Balaban J connectivity index is 1.91. The van der Waals surface area contributed by atoms with Gasteiger partial charge in [0, 0.05) is 5.56 Å². The lowest BCUT2D eigenvalue weighted by Crippen LogP contribution is -2.11. The summed E-state index contributed by atoms with van der Waals surface area (Å²) in [5, 5.41) is 1.26. The molecule has 5 heteroatoms. The van der Waals surface area contributed by atoms with E-state index in [1.807, 2.05) is 12.1 Å². The maximum Gasteiger partial charge on any atom is 0.295 e. The highest BCUT2D eigenvalue weighted by molar-refractivity contribution is 7.86. The van der Waals surface area contributed by atoms with E-state index in [0.717, 1.165) is 19.8 Å². The van der Waals surface area contributed by atoms with Crippen molar-refractivity contribution >= 4 is 24.0 Å². The minimum atomic E-state index is -4.22. The molecule has 2 aromatic rings. The van der Waals surface area contributed by atoms with Gasteiger partial charge in [-0.15, -0.1) is 0 Å². The smallest absolute Gasteiger partial charge is 0.282 e. The molecule has 122 valence electrons. The summed E-state index contributed by atoms with van der Waals surface area (Å²) in [5.74, 6) is 0. The van der Waals surface area contributed by atoms with Crippen LogP contribution in [0.15, 0.2) is 53.4 Å². The van der Waals surface area contributed by atoms with Crippen molar-refractivity contribution in [3.63, 3.8) is 0 Å². The molecule has 0 aliphatic heterocycles. The highest BCUT2D eigenvalue weighted by Crippen LogP contribution is 2.34. The third-order valence-corrected chi connectivity index (χ3v) is 6.86. The minimum absolute atomic E-state index is 0.0295. The summed E-state index contributed by atoms with van der Waals surface area (Å²) < 4.78 is 32.6. The Bertz CT molecular complexity index is 780. The van der Waals surface area contributed by atoms with Crippen LogP contribution in [0, 0.1) is 0 Å². The van der Waals surface area contributed by atoms with Crippen molar-refractivity contribution in [1.29, 1.82) is 0 Å². The second kappa shape index (κ2) is 7.12. The highest BCUT2D eigenvalue weighted by Gasteiger charge is 2.17. The van der Waals surface area contributed by atoms with Crippen LogP contribution in [0.5, 0.6) is 0 Å². The van der Waals surface area contributed by atoms with Gasteiger partial charge in [-0.05, 0) is 41.5 Å². The molecule has 1 atom stereocenters. The maximum atomic E-state index is 11.6. The Hall–Kier alpha value is -1.22. The van der Waals surface area contributed by atoms with E-state index in [1.165, 1.54) is 43.5 Å². The highest BCUT2D eigenvalue weighted by atomic mass is 32.2. The fraction of sp³-hybridized carbons (Fsp3) is 0.333. The average molecular weight is 348 g/mol. The molecule has 1 fully saturated rings. The second-order valence-corrected chi connectivity index (χ2v) is 9.10. The van der Waals surface area contributed by atoms with Crippen LogP contribution in [0.1, 0.15) is 32.1 Å². The van der Waals surface area contributed by atoms with Crippen molar-refractivity contribution in [2.75, 3.05) is 0 Å². The molecule has 3 rings (SSSR count). The minimum Gasteiger partial charge on any atom is -0.282 e. The SMILES string of the molecule is O=S(=O)(O)c1ccccc1-c1cccc(PC2CCCCC2)c1. The van der Waals surface area contributed by atoms with E-state index in [1.54, 1.807) is 18.2 Å². The average Bonchev–Trinajstić information content (AvgIpc) is 2.55. The van der Waals surface area contributed by atoms with Gasteiger partial charge in [-0.2, -0.15) is 8.42 Å². The van der Waals surface area contributed by atoms with Gasteiger partial charge in [0.25, 0.3) is 10.1 Å². The largest absolute Gasteiger partial charge is 0.295 e. The van der Waals surface area contributed by atoms with Gasteiger partial charge in [0.05, 0.1) is 0 Å². The Kier molecular flexibility index (Phi) is 5.15. The van der Waals surface area contributed by atoms with Crippen LogP contribution in [0.2, 0.25) is 0 Å². The van der Waals surface area contributed by atoms with Gasteiger partial charge in [0.2, 0.25) is 0 Å². The fourth-order valence-corrected chi connectivity index (χ4v) is 5.50. The Labute approximate surface area is 139 Å². The molecule has 0 spiro atoms. The third kappa shape index (κ3) is 4.20. The van der Waals surface area contributed by atoms with Crippen molar-refractivity contribution in [1.82, 2.24) is 0 Å². The van der Waals surface area contributed by atoms with Crippen LogP contribution in [-0.4, -0.2) is 18.6 Å². The van der Waals surface area contributed by atoms with E-state index in [4.69, 9.17) is 0 Å². The van der Waals surface area contributed by atoms with Crippen molar-refractivity contribution in [2.45, 2.75) is 42.7 Å². The van der Waals surface area contributed by atoms with Crippen molar-refractivity contribution in [3.8, 4) is 11.1 Å². The third-order valence-electron chi connectivity index (χ3n) is 4.31. The zero-order valence-corrected chi connectivity index (χ0v) is 14.7. The maximum absolute atomic E-state index is 11.6. The molecule has 0 bridgehead atoms. The summed E-state index contributed by atoms with van der Waals surface area (Å²) in [7, 11) is -3.45. The molecule has 23 heavy (non-hydrogen) atoms. The summed E-state index contributed by atoms with van der Waals surface area (Å²) in [6, 6.07) is 14.7. The van der Waals surface area contributed by atoms with Gasteiger partial charge >= 0.3 is 0 Å². The zero-order valence-electron chi connectivity index (χ0n) is 12.9. The molecule has 0 aromatic heterocycles. The summed E-state index contributed by atoms with van der Waals surface area (Å²) in [4.78, 5) is -0.0295. The van der Waals surface area contributed by atoms with Gasteiger partial charge in [0.15, 0.2) is 0 Å². The molecule has 1 unspecified atom stereocenters. The topological polar surface area (TPSA) is 54.4 Å². The Morgan fingerprint density at radius 2 is 1.70 bits per heavy atom. The molecule has 0 amide bonds. The standard InChI is InChI=1S/C18H21O3PS/c19-23(20,21)18-12-5-4-11-17(18)14-7-6-10-16(13-14)22-15-8-2-1-3-9-15/h4-7,10-13,15,22H,1-3,8-9H2,(H,19,20,21). The lowest BCUT2D eigenvalue weighted by atomic mass is 10.0. The van der Waals surface area contributed by atoms with E-state index in [-0.39, 0.29) is 4.90 Å². The summed E-state index contributed by atoms with van der Waals surface area (Å²) in [5.41, 5.74) is 2.17. The zero-order chi connectivity index (χ0) is 16.3. The summed E-state index contributed by atoms with van der Waals surface area (Å²) >= 11 is 0. The van der Waals surface area contributed by atoms with E-state index >= 15 is 0 Å². The Morgan fingerprint density at radius 3 is 2.43 bits per heavy atom. The first kappa shape index (κ1) is 16.6. The quantitative estimate of drug-likeness (QED) is 0.664. The van der Waals surface area contributed by atoms with Gasteiger partial charge in [-0.25, -0.2) is 0 Å². The fourth-order valence-electron chi connectivity index (χ4n) is 3.19. The predicted octanol–water partition coefficient (Wildman–Crippen LogP) is 4.24. The van der Waals surface area contributed by atoms with Gasteiger partial charge in [0.1, 0.15) is 4.90 Å². The van der Waals surface area contributed by atoms with Crippen LogP contribution in [-0.2, 0) is 10.1 Å². The monoisotopic (exact) mass is 348 g/mol. The van der Waals surface area contributed by atoms with Gasteiger partial charge < -0.3 is 0 Å². The summed E-state index contributed by atoms with van der Waals surface area (Å²) in [6.07, 6.45) is 6.59. The summed E-state index contributed by atoms with van der Waals surface area (Å²) in [6.45, 7) is 0. The van der Waals surface area contributed by atoms with E-state index in [9.17, 15) is 13.0 Å². The lowest BCUT2D eigenvalue weighted by Gasteiger charge is -2.21. The second-order valence-electron chi connectivity index (χ2n) is 6.03. The van der Waals surface area contributed by atoms with Crippen LogP contribution in [0.3, 0.4) is 0 Å². The molecule has 1 aliphatic rings. The van der Waals surface area contributed by atoms with Crippen molar-refractivity contribution in [3.05, 3.63) is 48.5 Å². The van der Waals surface area contributed by atoms with Gasteiger partial charge in [-0.3, -0.25) is 4.55 Å². The normalized spacial score (nSPS) is 16.9. The molecular formula is C18H21O3PS. The number of hydrogen-bond acceptors (Lipinski definition) is 2. The molecule has 0 saturated heterocycles. The van der Waals surface area contributed by atoms with Crippen LogP contribution < -0.4 is 5.30 Å². The van der Waals surface area contributed by atoms with E-state index in [2.05, 4.69) is 12.1 Å². The molecule has 1 N–H and O–H groups in total.